The van der Waals surface area contributed by atoms with Gasteiger partial charge in [-0.15, -0.1) is 0 Å². The Morgan fingerprint density at radius 3 is 2.03 bits per heavy atom. The van der Waals surface area contributed by atoms with E-state index < -0.39 is 30.2 Å². The summed E-state index contributed by atoms with van der Waals surface area (Å²) in [7, 11) is -3.27. The summed E-state index contributed by atoms with van der Waals surface area (Å²) in [4.78, 5) is 0.137. The van der Waals surface area contributed by atoms with Crippen molar-refractivity contribution in [2.75, 3.05) is 21.3 Å². The molecular formula is C25H26O7S2. The molecular weight excluding hydrogens is 476 g/mol. The number of sulfone groups is 2. The quantitative estimate of drug-likeness (QED) is 0.482. The normalized spacial score (nSPS) is 18.8. The Balaban J connectivity index is 1.93. The van der Waals surface area contributed by atoms with Crippen LogP contribution in [0.2, 0.25) is 0 Å². The summed E-state index contributed by atoms with van der Waals surface area (Å²) in [6, 6.07) is 16.2. The van der Waals surface area contributed by atoms with Crippen molar-refractivity contribution in [3.63, 3.8) is 0 Å². The van der Waals surface area contributed by atoms with E-state index in [9.17, 15) is 16.8 Å². The van der Waals surface area contributed by atoms with Gasteiger partial charge in [-0.3, -0.25) is 0 Å². The third-order valence-electron chi connectivity index (χ3n) is 6.25. The molecule has 3 aromatic carbocycles. The third kappa shape index (κ3) is 3.82. The Labute approximate surface area is 200 Å². The first-order chi connectivity index (χ1) is 16.2. The van der Waals surface area contributed by atoms with Gasteiger partial charge in [-0.05, 0) is 36.2 Å². The van der Waals surface area contributed by atoms with Gasteiger partial charge in [0.05, 0.1) is 36.4 Å². The number of hydrogen-bond donors (Lipinski definition) is 0. The van der Waals surface area contributed by atoms with Crippen molar-refractivity contribution >= 4 is 19.7 Å². The molecule has 2 unspecified atom stereocenters. The molecule has 2 atom stereocenters. The molecule has 34 heavy (non-hydrogen) atoms. The van der Waals surface area contributed by atoms with Crippen molar-refractivity contribution in [3.8, 4) is 17.2 Å². The highest BCUT2D eigenvalue weighted by molar-refractivity contribution is 7.96. The van der Waals surface area contributed by atoms with Crippen LogP contribution in [-0.4, -0.2) is 43.4 Å². The molecule has 0 spiro atoms. The summed E-state index contributed by atoms with van der Waals surface area (Å²) in [5, 5.41) is -2.37. The first-order valence-corrected chi connectivity index (χ1v) is 13.7. The zero-order valence-corrected chi connectivity index (χ0v) is 20.9. The van der Waals surface area contributed by atoms with E-state index in [0.29, 0.717) is 33.9 Å². The van der Waals surface area contributed by atoms with E-state index in [4.69, 9.17) is 14.2 Å². The maximum absolute atomic E-state index is 13.7. The molecule has 9 heteroatoms. The number of rotatable bonds is 7. The molecule has 0 aromatic heterocycles. The number of benzene rings is 3. The minimum absolute atomic E-state index is 0.0495. The van der Waals surface area contributed by atoms with E-state index in [1.54, 1.807) is 42.5 Å². The second-order valence-electron chi connectivity index (χ2n) is 8.04. The Kier molecular flexibility index (Phi) is 6.35. The number of methoxy groups -OCH3 is 3. The van der Waals surface area contributed by atoms with Gasteiger partial charge in [0, 0.05) is 24.1 Å². The van der Waals surface area contributed by atoms with Crippen LogP contribution in [-0.2, 0) is 26.1 Å². The van der Waals surface area contributed by atoms with Gasteiger partial charge in [0.25, 0.3) is 0 Å². The fourth-order valence-electron chi connectivity index (χ4n) is 4.52. The van der Waals surface area contributed by atoms with Gasteiger partial charge in [-0.25, -0.2) is 16.8 Å². The van der Waals surface area contributed by atoms with Crippen molar-refractivity contribution in [2.24, 2.45) is 0 Å². The Bertz CT molecular complexity index is 1400. The van der Waals surface area contributed by atoms with Crippen LogP contribution < -0.4 is 14.2 Å². The number of ether oxygens (including phenoxy) is 3. The van der Waals surface area contributed by atoms with Crippen molar-refractivity contribution in [1.29, 1.82) is 0 Å². The predicted molar refractivity (Wildman–Crippen MR) is 128 cm³/mol. The fourth-order valence-corrected chi connectivity index (χ4v) is 9.09. The van der Waals surface area contributed by atoms with Crippen LogP contribution in [0, 0.1) is 0 Å². The van der Waals surface area contributed by atoms with Crippen LogP contribution in [0.3, 0.4) is 0 Å². The van der Waals surface area contributed by atoms with E-state index >= 15 is 0 Å². The lowest BCUT2D eigenvalue weighted by Gasteiger charge is -2.20. The summed E-state index contributed by atoms with van der Waals surface area (Å²) >= 11 is 0. The van der Waals surface area contributed by atoms with Gasteiger partial charge >= 0.3 is 0 Å². The van der Waals surface area contributed by atoms with Crippen LogP contribution in [0.1, 0.15) is 28.9 Å². The molecule has 3 aromatic rings. The molecule has 0 saturated carbocycles. The standard InChI is InChI=1S/C25H26O7S2/c1-16-25(34(28,29)19-10-6-5-7-11-19)24-17(9-8-12-23(24)33(16,26)27)13-20-21(31-3)14-18(30-2)15-22(20)32-4/h5-12,14-16,25H,13H2,1-4H3. The molecule has 1 aliphatic heterocycles. The monoisotopic (exact) mass is 502 g/mol. The average molecular weight is 503 g/mol. The van der Waals surface area contributed by atoms with Gasteiger partial charge in [0.2, 0.25) is 0 Å². The molecule has 1 heterocycles. The molecule has 4 rings (SSSR count). The van der Waals surface area contributed by atoms with Crippen molar-refractivity contribution in [2.45, 2.75) is 33.6 Å². The largest absolute Gasteiger partial charge is 0.496 e. The SMILES string of the molecule is COc1cc(OC)c(Cc2cccc3c2C(S(=O)(=O)c2ccccc2)C(C)S3(=O)=O)c(OC)c1. The second-order valence-corrected chi connectivity index (χ2v) is 12.4. The van der Waals surface area contributed by atoms with Crippen LogP contribution >= 0.6 is 0 Å². The van der Waals surface area contributed by atoms with Crippen LogP contribution in [0.5, 0.6) is 17.2 Å². The molecule has 0 saturated heterocycles. The maximum atomic E-state index is 13.7. The molecule has 0 N–H and O–H groups in total. The second kappa shape index (κ2) is 8.96. The van der Waals surface area contributed by atoms with E-state index in [1.807, 2.05) is 0 Å². The maximum Gasteiger partial charge on any atom is 0.186 e. The molecule has 0 amide bonds. The van der Waals surface area contributed by atoms with Crippen LogP contribution in [0.15, 0.2) is 70.5 Å². The van der Waals surface area contributed by atoms with Crippen molar-refractivity contribution in [3.05, 3.63) is 77.4 Å². The number of fused-ring (bicyclic) bond motifs is 1. The molecule has 1 aliphatic rings. The van der Waals surface area contributed by atoms with Crippen molar-refractivity contribution < 1.29 is 31.0 Å². The summed E-state index contributed by atoms with van der Waals surface area (Å²) in [5.41, 5.74) is 1.54. The summed E-state index contributed by atoms with van der Waals surface area (Å²) < 4.78 is 70.4. The topological polar surface area (TPSA) is 96.0 Å². The predicted octanol–water partition coefficient (Wildman–Crippen LogP) is 3.99. The minimum atomic E-state index is -3.99. The molecule has 0 fully saturated rings. The Hall–Kier alpha value is -3.04. The van der Waals surface area contributed by atoms with E-state index in [2.05, 4.69) is 0 Å². The van der Waals surface area contributed by atoms with Crippen LogP contribution in [0.25, 0.3) is 0 Å². The highest BCUT2D eigenvalue weighted by Crippen LogP contribution is 2.48. The van der Waals surface area contributed by atoms with Gasteiger partial charge in [0.1, 0.15) is 22.5 Å². The zero-order chi connectivity index (χ0) is 24.7. The Morgan fingerprint density at radius 1 is 0.853 bits per heavy atom. The minimum Gasteiger partial charge on any atom is -0.496 e. The zero-order valence-electron chi connectivity index (χ0n) is 19.3. The average Bonchev–Trinajstić information content (AvgIpc) is 3.06. The van der Waals surface area contributed by atoms with Gasteiger partial charge in [0.15, 0.2) is 19.7 Å². The smallest absolute Gasteiger partial charge is 0.186 e. The van der Waals surface area contributed by atoms with Crippen molar-refractivity contribution in [1.82, 2.24) is 0 Å². The lowest BCUT2D eigenvalue weighted by molar-refractivity contribution is 0.370. The molecule has 0 radical (unpaired) electrons. The molecule has 0 bridgehead atoms. The lowest BCUT2D eigenvalue weighted by Crippen LogP contribution is -2.24. The Morgan fingerprint density at radius 2 is 1.47 bits per heavy atom. The van der Waals surface area contributed by atoms with Crippen LogP contribution in [0.4, 0.5) is 0 Å². The van der Waals surface area contributed by atoms with Gasteiger partial charge in [-0.1, -0.05) is 30.3 Å². The summed E-state index contributed by atoms with van der Waals surface area (Å²) in [5.74, 6) is 1.52. The summed E-state index contributed by atoms with van der Waals surface area (Å²) in [6.07, 6.45) is 0.211. The number of hydrogen-bond acceptors (Lipinski definition) is 7. The summed E-state index contributed by atoms with van der Waals surface area (Å²) in [6.45, 7) is 1.46. The highest BCUT2D eigenvalue weighted by Gasteiger charge is 2.50. The third-order valence-corrected chi connectivity index (χ3v) is 10.9. The fraction of sp³-hybridized carbons (Fsp3) is 0.280. The highest BCUT2D eigenvalue weighted by atomic mass is 32.2. The van der Waals surface area contributed by atoms with E-state index in [0.717, 1.165) is 0 Å². The van der Waals surface area contributed by atoms with E-state index in [-0.39, 0.29) is 16.2 Å². The lowest BCUT2D eigenvalue weighted by atomic mass is 9.95. The van der Waals surface area contributed by atoms with Gasteiger partial charge in [-0.2, -0.15) is 0 Å². The molecule has 7 nitrogen and oxygen atoms in total. The van der Waals surface area contributed by atoms with E-state index in [1.165, 1.54) is 46.5 Å². The first-order valence-electron chi connectivity index (χ1n) is 10.6. The molecule has 0 aliphatic carbocycles. The molecule has 180 valence electrons. The first kappa shape index (κ1) is 24.1. The van der Waals surface area contributed by atoms with Gasteiger partial charge < -0.3 is 14.2 Å².